The third-order valence-electron chi connectivity index (χ3n) is 3.12. The quantitative estimate of drug-likeness (QED) is 0.740. The van der Waals surface area contributed by atoms with Crippen LogP contribution in [-0.2, 0) is 5.60 Å². The smallest absolute Gasteiger partial charge is 0.122 e. The topological polar surface area (TPSA) is 40.5 Å². The van der Waals surface area contributed by atoms with Gasteiger partial charge in [0.05, 0.1) is 5.60 Å². The van der Waals surface area contributed by atoms with Gasteiger partial charge in [0.15, 0.2) is 0 Å². The second-order valence-electron chi connectivity index (χ2n) is 4.49. The molecule has 2 atom stereocenters. The zero-order valence-corrected chi connectivity index (χ0v) is 10.3. The van der Waals surface area contributed by atoms with Crippen molar-refractivity contribution in [2.24, 2.45) is 0 Å². The predicted molar refractivity (Wildman–Crippen MR) is 70.6 cm³/mol. The number of benzene rings is 1. The Morgan fingerprint density at radius 2 is 1.59 bits per heavy atom. The van der Waals surface area contributed by atoms with E-state index in [0.717, 1.165) is 0 Å². The predicted octanol–water partition coefficient (Wildman–Crippen LogP) is 2.78. The van der Waals surface area contributed by atoms with Gasteiger partial charge in [0, 0.05) is 6.42 Å². The first-order valence-electron chi connectivity index (χ1n) is 5.70. The Kier molecular flexibility index (Phi) is 4.27. The molecule has 0 saturated heterocycles. The van der Waals surface area contributed by atoms with Gasteiger partial charge >= 0.3 is 0 Å². The van der Waals surface area contributed by atoms with Gasteiger partial charge in [-0.05, 0) is 18.9 Å². The third-order valence-corrected chi connectivity index (χ3v) is 3.12. The number of aliphatic hydroxyl groups is 2. The maximum Gasteiger partial charge on any atom is 0.122 e. The minimum atomic E-state index is -1.34. The van der Waals surface area contributed by atoms with Crippen LogP contribution >= 0.6 is 0 Å². The Labute approximate surface area is 103 Å². The van der Waals surface area contributed by atoms with Gasteiger partial charge in [0.25, 0.3) is 0 Å². The first-order chi connectivity index (χ1) is 7.98. The molecule has 0 saturated carbocycles. The SMILES string of the molecule is C=CC[C@](C)(O)[C@](O)(CC=C)c1ccccc1. The third kappa shape index (κ3) is 2.65. The van der Waals surface area contributed by atoms with Gasteiger partial charge in [-0.3, -0.25) is 0 Å². The zero-order chi connectivity index (χ0) is 12.9. The summed E-state index contributed by atoms with van der Waals surface area (Å²) in [5, 5.41) is 21.2. The summed E-state index contributed by atoms with van der Waals surface area (Å²) in [6, 6.07) is 9.17. The van der Waals surface area contributed by atoms with Crippen molar-refractivity contribution in [1.82, 2.24) is 0 Å². The monoisotopic (exact) mass is 232 g/mol. The van der Waals surface area contributed by atoms with E-state index in [1.807, 2.05) is 18.2 Å². The fourth-order valence-electron chi connectivity index (χ4n) is 2.02. The number of hydrogen-bond donors (Lipinski definition) is 2. The molecule has 0 bridgehead atoms. The molecule has 2 heteroatoms. The molecule has 1 aromatic rings. The van der Waals surface area contributed by atoms with E-state index in [1.165, 1.54) is 0 Å². The van der Waals surface area contributed by atoms with E-state index in [1.54, 1.807) is 31.2 Å². The maximum absolute atomic E-state index is 10.8. The molecule has 92 valence electrons. The molecule has 2 nitrogen and oxygen atoms in total. The summed E-state index contributed by atoms with van der Waals surface area (Å²) in [4.78, 5) is 0. The van der Waals surface area contributed by atoms with Gasteiger partial charge in [-0.15, -0.1) is 13.2 Å². The van der Waals surface area contributed by atoms with Crippen LogP contribution in [0.25, 0.3) is 0 Å². The van der Waals surface area contributed by atoms with Crippen LogP contribution in [0.4, 0.5) is 0 Å². The summed E-state index contributed by atoms with van der Waals surface area (Å²) in [5.41, 5.74) is -1.93. The van der Waals surface area contributed by atoms with Gasteiger partial charge in [-0.25, -0.2) is 0 Å². The van der Waals surface area contributed by atoms with E-state index in [4.69, 9.17) is 0 Å². The normalized spacial score (nSPS) is 17.8. The molecular formula is C15H20O2. The molecule has 0 unspecified atom stereocenters. The molecule has 2 N–H and O–H groups in total. The standard InChI is InChI=1S/C15H20O2/c1-4-11-14(3,16)15(17,12-5-2)13-9-7-6-8-10-13/h4-10,16-17H,1-2,11-12H2,3H3/t14-,15-/m0/s1. The summed E-state index contributed by atoms with van der Waals surface area (Å²) >= 11 is 0. The molecule has 0 fully saturated rings. The van der Waals surface area contributed by atoms with Crippen molar-refractivity contribution in [2.45, 2.75) is 31.0 Å². The largest absolute Gasteiger partial charge is 0.386 e. The summed E-state index contributed by atoms with van der Waals surface area (Å²) in [6.07, 6.45) is 3.83. The highest BCUT2D eigenvalue weighted by Gasteiger charge is 2.45. The molecule has 0 aliphatic carbocycles. The van der Waals surface area contributed by atoms with Crippen LogP contribution in [0.1, 0.15) is 25.3 Å². The average Bonchev–Trinajstić information content (AvgIpc) is 2.30. The molecule has 0 aliphatic heterocycles. The van der Waals surface area contributed by atoms with Gasteiger partial charge < -0.3 is 10.2 Å². The van der Waals surface area contributed by atoms with Crippen LogP contribution in [0.2, 0.25) is 0 Å². The molecule has 0 aliphatic rings. The van der Waals surface area contributed by atoms with E-state index < -0.39 is 11.2 Å². The van der Waals surface area contributed by atoms with Crippen molar-refractivity contribution in [2.75, 3.05) is 0 Å². The average molecular weight is 232 g/mol. The lowest BCUT2D eigenvalue weighted by atomic mass is 9.74. The first-order valence-corrected chi connectivity index (χ1v) is 5.70. The van der Waals surface area contributed by atoms with Gasteiger partial charge in [-0.2, -0.15) is 0 Å². The lowest BCUT2D eigenvalue weighted by molar-refractivity contribution is -0.144. The molecule has 0 radical (unpaired) electrons. The van der Waals surface area contributed by atoms with Gasteiger partial charge in [-0.1, -0.05) is 42.5 Å². The van der Waals surface area contributed by atoms with Crippen LogP contribution in [-0.4, -0.2) is 15.8 Å². The van der Waals surface area contributed by atoms with Crippen molar-refractivity contribution in [3.8, 4) is 0 Å². The molecule has 17 heavy (non-hydrogen) atoms. The van der Waals surface area contributed by atoms with Crippen LogP contribution in [0.15, 0.2) is 55.6 Å². The fraction of sp³-hybridized carbons (Fsp3) is 0.333. The molecule has 0 heterocycles. The first kappa shape index (κ1) is 13.7. The summed E-state index contributed by atoms with van der Waals surface area (Å²) < 4.78 is 0. The summed E-state index contributed by atoms with van der Waals surface area (Å²) in [7, 11) is 0. The van der Waals surface area contributed by atoms with Gasteiger partial charge in [0.1, 0.15) is 5.60 Å². The second kappa shape index (κ2) is 5.30. The number of rotatable bonds is 6. The molecule has 0 amide bonds. The van der Waals surface area contributed by atoms with Crippen molar-refractivity contribution in [3.05, 3.63) is 61.2 Å². The van der Waals surface area contributed by atoms with E-state index >= 15 is 0 Å². The van der Waals surface area contributed by atoms with E-state index in [-0.39, 0.29) is 6.42 Å². The molecule has 1 aromatic carbocycles. The molecule has 0 spiro atoms. The van der Waals surface area contributed by atoms with Gasteiger partial charge in [0.2, 0.25) is 0 Å². The molecular weight excluding hydrogens is 212 g/mol. The Bertz CT molecular complexity index is 381. The minimum absolute atomic E-state index is 0.290. The van der Waals surface area contributed by atoms with Crippen molar-refractivity contribution in [1.29, 1.82) is 0 Å². The number of hydrogen-bond acceptors (Lipinski definition) is 2. The minimum Gasteiger partial charge on any atom is -0.386 e. The van der Waals surface area contributed by atoms with E-state index in [2.05, 4.69) is 13.2 Å². The summed E-state index contributed by atoms with van der Waals surface area (Å²) in [5.74, 6) is 0. The Morgan fingerprint density at radius 1 is 1.06 bits per heavy atom. The van der Waals surface area contributed by atoms with Crippen LogP contribution in [0.5, 0.6) is 0 Å². The van der Waals surface area contributed by atoms with Crippen LogP contribution in [0.3, 0.4) is 0 Å². The van der Waals surface area contributed by atoms with E-state index in [0.29, 0.717) is 12.0 Å². The van der Waals surface area contributed by atoms with Crippen molar-refractivity contribution >= 4 is 0 Å². The lowest BCUT2D eigenvalue weighted by Gasteiger charge is -2.41. The highest BCUT2D eigenvalue weighted by Crippen LogP contribution is 2.38. The van der Waals surface area contributed by atoms with Crippen molar-refractivity contribution < 1.29 is 10.2 Å². The summed E-state index contributed by atoms with van der Waals surface area (Å²) in [6.45, 7) is 8.88. The van der Waals surface area contributed by atoms with E-state index in [9.17, 15) is 10.2 Å². The Morgan fingerprint density at radius 3 is 2.06 bits per heavy atom. The zero-order valence-electron chi connectivity index (χ0n) is 10.3. The Balaban J connectivity index is 3.22. The van der Waals surface area contributed by atoms with Crippen molar-refractivity contribution in [3.63, 3.8) is 0 Å². The second-order valence-corrected chi connectivity index (χ2v) is 4.49. The van der Waals surface area contributed by atoms with Crippen LogP contribution in [0, 0.1) is 0 Å². The fourth-order valence-corrected chi connectivity index (χ4v) is 2.02. The van der Waals surface area contributed by atoms with Crippen LogP contribution < -0.4 is 0 Å². The Hall–Kier alpha value is -1.38. The maximum atomic E-state index is 10.8. The molecule has 1 rings (SSSR count). The highest BCUT2D eigenvalue weighted by atomic mass is 16.4. The molecule has 0 aromatic heterocycles. The highest BCUT2D eigenvalue weighted by molar-refractivity contribution is 5.27. The lowest BCUT2D eigenvalue weighted by Crippen LogP contribution is -2.49.